The van der Waals surface area contributed by atoms with Gasteiger partial charge in [-0.15, -0.1) is 0 Å². The number of hydrogen-bond acceptors (Lipinski definition) is 10. The van der Waals surface area contributed by atoms with Crippen molar-refractivity contribution in [3.05, 3.63) is 73.4 Å². The van der Waals surface area contributed by atoms with Crippen LogP contribution in [-0.4, -0.2) is 56.9 Å². The number of benzene rings is 1. The Labute approximate surface area is 236 Å². The minimum absolute atomic E-state index is 0.0475. The monoisotopic (exact) mass is 585 g/mol. The van der Waals surface area contributed by atoms with Crippen molar-refractivity contribution in [1.82, 2.24) is 24.7 Å². The van der Waals surface area contributed by atoms with Crippen LogP contribution in [0.25, 0.3) is 11.1 Å². The number of nitrogens with one attached hydrogen (secondary N) is 3. The third-order valence-electron chi connectivity index (χ3n) is 5.48. The summed E-state index contributed by atoms with van der Waals surface area (Å²) < 4.78 is 57.8. The molecular formula is C26H23F4N9O3. The summed E-state index contributed by atoms with van der Waals surface area (Å²) in [5.41, 5.74) is 2.21. The number of esters is 1. The van der Waals surface area contributed by atoms with Crippen molar-refractivity contribution >= 4 is 46.4 Å². The van der Waals surface area contributed by atoms with Gasteiger partial charge in [0.05, 0.1) is 29.5 Å². The Hall–Kier alpha value is -5.54. The predicted octanol–water partition coefficient (Wildman–Crippen LogP) is 4.52. The van der Waals surface area contributed by atoms with Crippen LogP contribution in [0.3, 0.4) is 0 Å². The molecule has 3 aromatic heterocycles. The summed E-state index contributed by atoms with van der Waals surface area (Å²) in [4.78, 5) is 38.2. The van der Waals surface area contributed by atoms with Gasteiger partial charge in [0, 0.05) is 56.5 Å². The first-order valence-corrected chi connectivity index (χ1v) is 11.9. The van der Waals surface area contributed by atoms with E-state index in [0.29, 0.717) is 16.8 Å². The first-order chi connectivity index (χ1) is 19.8. The van der Waals surface area contributed by atoms with Crippen LogP contribution in [0.1, 0.15) is 0 Å². The van der Waals surface area contributed by atoms with Gasteiger partial charge in [-0.1, -0.05) is 6.58 Å². The summed E-state index contributed by atoms with van der Waals surface area (Å²) in [5, 5.41) is 12.2. The number of carbonyl (C=O) groups is 2. The van der Waals surface area contributed by atoms with Gasteiger partial charge >= 0.3 is 12.1 Å². The molecule has 0 aliphatic heterocycles. The fraction of sp³-hybridized carbons (Fsp3) is 0.154. The molecule has 0 aliphatic carbocycles. The summed E-state index contributed by atoms with van der Waals surface area (Å²) in [6.07, 6.45) is 2.67. The molecule has 0 aliphatic rings. The van der Waals surface area contributed by atoms with E-state index in [0.717, 1.165) is 17.8 Å². The first-order valence-electron chi connectivity index (χ1n) is 11.9. The number of carbonyl (C=O) groups excluding carboxylic acids is 2. The normalized spacial score (nSPS) is 11.0. The van der Waals surface area contributed by atoms with Crippen molar-refractivity contribution in [2.45, 2.75) is 6.18 Å². The van der Waals surface area contributed by atoms with Gasteiger partial charge in [-0.2, -0.15) is 23.3 Å². The van der Waals surface area contributed by atoms with Gasteiger partial charge in [-0.05, 0) is 24.3 Å². The number of rotatable bonds is 9. The Bertz CT molecular complexity index is 1650. The van der Waals surface area contributed by atoms with Crippen molar-refractivity contribution in [2.75, 3.05) is 34.9 Å². The van der Waals surface area contributed by atoms with Gasteiger partial charge in [0.2, 0.25) is 5.95 Å². The van der Waals surface area contributed by atoms with Gasteiger partial charge in [0.15, 0.2) is 5.76 Å². The Morgan fingerprint density at radius 2 is 1.81 bits per heavy atom. The minimum atomic E-state index is -5.32. The van der Waals surface area contributed by atoms with Crippen LogP contribution in [0, 0.1) is 5.82 Å². The van der Waals surface area contributed by atoms with E-state index < -0.39 is 29.6 Å². The fourth-order valence-corrected chi connectivity index (χ4v) is 3.43. The molecule has 0 radical (unpaired) electrons. The Kier molecular flexibility index (Phi) is 8.35. The zero-order valence-electron chi connectivity index (χ0n) is 22.3. The molecule has 3 N–H and O–H groups in total. The molecule has 4 rings (SSSR count). The van der Waals surface area contributed by atoms with Crippen molar-refractivity contribution in [3.63, 3.8) is 0 Å². The predicted molar refractivity (Wildman–Crippen MR) is 146 cm³/mol. The lowest BCUT2D eigenvalue weighted by atomic mass is 10.1. The molecular weight excluding hydrogens is 562 g/mol. The van der Waals surface area contributed by atoms with Crippen LogP contribution in [0.5, 0.6) is 0 Å². The number of aryl methyl sites for hydroxylation is 1. The number of halogens is 4. The summed E-state index contributed by atoms with van der Waals surface area (Å²) in [6.45, 7) is 3.04. The van der Waals surface area contributed by atoms with Crippen molar-refractivity contribution in [3.8, 4) is 11.1 Å². The Morgan fingerprint density at radius 3 is 2.48 bits per heavy atom. The Balaban J connectivity index is 1.65. The summed E-state index contributed by atoms with van der Waals surface area (Å²) in [7, 11) is 5.41. The van der Waals surface area contributed by atoms with Crippen LogP contribution in [0.2, 0.25) is 0 Å². The number of anilines is 6. The van der Waals surface area contributed by atoms with E-state index >= 15 is 0 Å². The summed E-state index contributed by atoms with van der Waals surface area (Å²) in [6, 6.07) is 5.15. The molecule has 42 heavy (non-hydrogen) atoms. The van der Waals surface area contributed by atoms with Crippen LogP contribution in [0.4, 0.5) is 52.1 Å². The molecule has 1 amide bonds. The van der Waals surface area contributed by atoms with E-state index in [2.05, 4.69) is 47.3 Å². The van der Waals surface area contributed by atoms with E-state index in [1.54, 1.807) is 36.5 Å². The summed E-state index contributed by atoms with van der Waals surface area (Å²) >= 11 is 0. The number of hydrogen-bond donors (Lipinski definition) is 3. The fourth-order valence-electron chi connectivity index (χ4n) is 3.43. The van der Waals surface area contributed by atoms with Crippen molar-refractivity contribution < 1.29 is 31.9 Å². The lowest BCUT2D eigenvalue weighted by molar-refractivity contribution is -0.195. The van der Waals surface area contributed by atoms with Crippen LogP contribution < -0.4 is 20.9 Å². The quantitative estimate of drug-likeness (QED) is 0.111. The van der Waals surface area contributed by atoms with Crippen LogP contribution >= 0.6 is 0 Å². The number of ether oxygens (including phenoxy) is 1. The zero-order chi connectivity index (χ0) is 30.6. The van der Waals surface area contributed by atoms with E-state index in [1.165, 1.54) is 12.3 Å². The molecule has 12 nitrogen and oxygen atoms in total. The van der Waals surface area contributed by atoms with E-state index in [4.69, 9.17) is 0 Å². The lowest BCUT2D eigenvalue weighted by Gasteiger charge is -2.16. The van der Waals surface area contributed by atoms with Gasteiger partial charge in [-0.3, -0.25) is 14.5 Å². The van der Waals surface area contributed by atoms with Gasteiger partial charge < -0.3 is 25.6 Å². The second kappa shape index (κ2) is 11.9. The molecule has 4 aromatic rings. The second-order valence-corrected chi connectivity index (χ2v) is 8.89. The summed E-state index contributed by atoms with van der Waals surface area (Å²) in [5.74, 6) is -5.40. The van der Waals surface area contributed by atoms with Crippen molar-refractivity contribution in [1.29, 1.82) is 0 Å². The number of alkyl halides is 3. The molecule has 218 valence electrons. The zero-order valence-corrected chi connectivity index (χ0v) is 22.3. The SMILES string of the molecule is C=C(OC(=O)C(F)(F)F)C(=O)Nc1ccc(F)c(Nc2nc(Nc3cnn(C)c3)ncc2-c2cncc(N(C)C)c2)c1. The second-order valence-electron chi connectivity index (χ2n) is 8.89. The average molecular weight is 586 g/mol. The van der Waals surface area contributed by atoms with Crippen LogP contribution in [0.15, 0.2) is 67.6 Å². The van der Waals surface area contributed by atoms with Gasteiger partial charge in [-0.25, -0.2) is 14.2 Å². The maximum absolute atomic E-state index is 14.9. The molecule has 16 heteroatoms. The molecule has 0 saturated carbocycles. The maximum atomic E-state index is 14.9. The third-order valence-corrected chi connectivity index (χ3v) is 5.48. The lowest BCUT2D eigenvalue weighted by Crippen LogP contribution is -2.28. The third kappa shape index (κ3) is 7.15. The molecule has 0 unspecified atom stereocenters. The van der Waals surface area contributed by atoms with Crippen molar-refractivity contribution in [2.24, 2.45) is 7.05 Å². The Morgan fingerprint density at radius 1 is 1.05 bits per heavy atom. The highest BCUT2D eigenvalue weighted by Gasteiger charge is 2.42. The molecule has 1 aromatic carbocycles. The number of amides is 1. The smallest absolute Gasteiger partial charge is 0.415 e. The topological polar surface area (TPSA) is 139 Å². The van der Waals surface area contributed by atoms with E-state index in [-0.39, 0.29) is 23.1 Å². The number of nitrogens with zero attached hydrogens (tertiary/aromatic N) is 6. The highest BCUT2D eigenvalue weighted by atomic mass is 19.4. The number of aromatic nitrogens is 5. The molecule has 0 fully saturated rings. The van der Waals surface area contributed by atoms with E-state index in [1.807, 2.05) is 25.1 Å². The standard InChI is InChI=1S/C26H23F4N9O3/c1-14(42-24(41)26(28,29)30)23(40)34-16-5-6-20(27)21(8-16)36-22-19(15-7-18(38(2)3)11-31-9-15)12-32-25(37-22)35-17-10-33-39(4)13-17/h5-13H,1H2,2-4H3,(H,34,40)(H2,32,35,36,37). The van der Waals surface area contributed by atoms with E-state index in [9.17, 15) is 27.2 Å². The first kappa shape index (κ1) is 29.4. The number of pyridine rings is 1. The average Bonchev–Trinajstić information content (AvgIpc) is 3.34. The largest absolute Gasteiger partial charge is 0.491 e. The highest BCUT2D eigenvalue weighted by molar-refractivity contribution is 6.03. The molecule has 3 heterocycles. The highest BCUT2D eigenvalue weighted by Crippen LogP contribution is 2.33. The molecule has 0 saturated heterocycles. The maximum Gasteiger partial charge on any atom is 0.491 e. The molecule has 0 atom stereocenters. The van der Waals surface area contributed by atoms with Gasteiger partial charge in [0.25, 0.3) is 5.91 Å². The molecule has 0 spiro atoms. The van der Waals surface area contributed by atoms with Gasteiger partial charge in [0.1, 0.15) is 11.6 Å². The minimum Gasteiger partial charge on any atom is -0.415 e. The molecule has 0 bridgehead atoms. The van der Waals surface area contributed by atoms with Crippen LogP contribution in [-0.2, 0) is 21.4 Å².